The van der Waals surface area contributed by atoms with E-state index >= 15 is 0 Å². The molecular formula is C6H3BrClF2NO2S. The van der Waals surface area contributed by atoms with E-state index in [2.05, 4.69) is 20.9 Å². The topological polar surface area (TPSA) is 47.0 Å². The predicted molar refractivity (Wildman–Crippen MR) is 49.9 cm³/mol. The average molecular weight is 307 g/mol. The number of halogens is 4. The summed E-state index contributed by atoms with van der Waals surface area (Å²) in [7, 11) is 1.05. The smallest absolute Gasteiger partial charge is 0.254 e. The van der Waals surface area contributed by atoms with Crippen LogP contribution in [0.1, 0.15) is 12.1 Å². The second kappa shape index (κ2) is 4.08. The fourth-order valence-corrected chi connectivity index (χ4v) is 2.83. The number of hydrogen-bond donors (Lipinski definition) is 0. The molecule has 0 aliphatic rings. The summed E-state index contributed by atoms with van der Waals surface area (Å²) in [6.45, 7) is 0. The molecule has 1 heterocycles. The van der Waals surface area contributed by atoms with E-state index in [9.17, 15) is 17.2 Å². The zero-order chi connectivity index (χ0) is 10.9. The molecule has 0 saturated heterocycles. The van der Waals surface area contributed by atoms with Crippen LogP contribution in [0.2, 0.25) is 0 Å². The van der Waals surface area contributed by atoms with Crippen molar-refractivity contribution in [1.29, 1.82) is 0 Å². The third kappa shape index (κ3) is 2.61. The predicted octanol–water partition coefficient (Wildman–Crippen LogP) is 2.71. The summed E-state index contributed by atoms with van der Waals surface area (Å²) >= 11 is 2.81. The van der Waals surface area contributed by atoms with Gasteiger partial charge in [0.2, 0.25) is 0 Å². The molecule has 0 aliphatic heterocycles. The van der Waals surface area contributed by atoms with Crippen molar-refractivity contribution in [3.63, 3.8) is 0 Å². The molecule has 0 N–H and O–H groups in total. The maximum absolute atomic E-state index is 12.1. The van der Waals surface area contributed by atoms with Gasteiger partial charge < -0.3 is 0 Å². The number of aromatic nitrogens is 1. The molecular weight excluding hydrogens is 303 g/mol. The Hall–Kier alpha value is -0.270. The van der Waals surface area contributed by atoms with Gasteiger partial charge in [-0.15, -0.1) is 0 Å². The highest BCUT2D eigenvalue weighted by molar-refractivity contribution is 9.10. The van der Waals surface area contributed by atoms with Gasteiger partial charge in [-0.2, -0.15) is 0 Å². The van der Waals surface area contributed by atoms with Gasteiger partial charge in [-0.3, -0.25) is 4.98 Å². The van der Waals surface area contributed by atoms with Crippen molar-refractivity contribution in [3.8, 4) is 0 Å². The van der Waals surface area contributed by atoms with Crippen molar-refractivity contribution in [2.45, 2.75) is 11.3 Å². The lowest BCUT2D eigenvalue weighted by molar-refractivity contribution is 0.146. The molecule has 1 aromatic rings. The minimum atomic E-state index is -3.96. The maximum atomic E-state index is 12.1. The maximum Gasteiger partial charge on any atom is 0.280 e. The van der Waals surface area contributed by atoms with Crippen LogP contribution in [-0.4, -0.2) is 13.4 Å². The summed E-state index contributed by atoms with van der Waals surface area (Å²) < 4.78 is 45.9. The summed E-state index contributed by atoms with van der Waals surface area (Å²) in [5.74, 6) is 0. The van der Waals surface area contributed by atoms with Gasteiger partial charge in [0, 0.05) is 21.4 Å². The van der Waals surface area contributed by atoms with Gasteiger partial charge in [-0.25, -0.2) is 17.2 Å². The van der Waals surface area contributed by atoms with Gasteiger partial charge in [-0.1, -0.05) is 0 Å². The Kier molecular flexibility index (Phi) is 3.44. The second-order valence-electron chi connectivity index (χ2n) is 2.28. The Labute approximate surface area is 91.6 Å². The molecule has 0 bridgehead atoms. The Morgan fingerprint density at radius 2 is 2.07 bits per heavy atom. The molecule has 8 heteroatoms. The van der Waals surface area contributed by atoms with Crippen LogP contribution in [0.15, 0.2) is 21.6 Å². The molecule has 14 heavy (non-hydrogen) atoms. The van der Waals surface area contributed by atoms with Crippen molar-refractivity contribution in [2.24, 2.45) is 0 Å². The van der Waals surface area contributed by atoms with Crippen molar-refractivity contribution in [3.05, 3.63) is 22.4 Å². The SMILES string of the molecule is O=S(=O)(Cl)c1cnc(C(F)F)cc1Br. The summed E-state index contributed by atoms with van der Waals surface area (Å²) in [5.41, 5.74) is -0.513. The number of pyridine rings is 1. The average Bonchev–Trinajstić information content (AvgIpc) is 2.01. The van der Waals surface area contributed by atoms with Crippen LogP contribution < -0.4 is 0 Å². The minimum Gasteiger partial charge on any atom is -0.254 e. The summed E-state index contributed by atoms with van der Waals surface area (Å²) in [4.78, 5) is 2.93. The van der Waals surface area contributed by atoms with Crippen molar-refractivity contribution in [2.75, 3.05) is 0 Å². The summed E-state index contributed by atoms with van der Waals surface area (Å²) in [5, 5.41) is 0. The standard InChI is InChI=1S/C6H3BrClF2NO2S/c7-3-1-4(6(9)10)11-2-5(3)14(8,12)13/h1-2,6H. The summed E-state index contributed by atoms with van der Waals surface area (Å²) in [6, 6.07) is 0.917. The zero-order valence-electron chi connectivity index (χ0n) is 6.42. The van der Waals surface area contributed by atoms with Crippen LogP contribution in [0.25, 0.3) is 0 Å². The Morgan fingerprint density at radius 3 is 2.43 bits per heavy atom. The molecule has 0 amide bonds. The first-order chi connectivity index (χ1) is 6.32. The second-order valence-corrected chi connectivity index (χ2v) is 5.67. The third-order valence-electron chi connectivity index (χ3n) is 1.33. The highest BCUT2D eigenvalue weighted by Crippen LogP contribution is 2.27. The molecule has 0 unspecified atom stereocenters. The molecule has 78 valence electrons. The van der Waals surface area contributed by atoms with Crippen LogP contribution in [0, 0.1) is 0 Å². The van der Waals surface area contributed by atoms with E-state index in [-0.39, 0.29) is 9.37 Å². The van der Waals surface area contributed by atoms with Gasteiger partial charge >= 0.3 is 0 Å². The highest BCUT2D eigenvalue weighted by atomic mass is 79.9. The number of nitrogens with zero attached hydrogens (tertiary/aromatic N) is 1. The zero-order valence-corrected chi connectivity index (χ0v) is 9.57. The Morgan fingerprint density at radius 1 is 1.50 bits per heavy atom. The molecule has 0 atom stereocenters. The third-order valence-corrected chi connectivity index (χ3v) is 3.60. The molecule has 0 aliphatic carbocycles. The molecule has 0 saturated carbocycles. The summed E-state index contributed by atoms with van der Waals surface area (Å²) in [6.07, 6.45) is -1.97. The van der Waals surface area contributed by atoms with E-state index in [0.717, 1.165) is 12.3 Å². The van der Waals surface area contributed by atoms with Gasteiger partial charge in [0.25, 0.3) is 15.5 Å². The molecule has 0 spiro atoms. The molecule has 0 fully saturated rings. The largest absolute Gasteiger partial charge is 0.280 e. The van der Waals surface area contributed by atoms with E-state index < -0.39 is 21.2 Å². The number of alkyl halides is 2. The van der Waals surface area contributed by atoms with E-state index in [0.29, 0.717) is 0 Å². The van der Waals surface area contributed by atoms with Crippen LogP contribution in [0.5, 0.6) is 0 Å². The lowest BCUT2D eigenvalue weighted by Crippen LogP contribution is -1.97. The molecule has 3 nitrogen and oxygen atoms in total. The minimum absolute atomic E-state index is 0.0298. The van der Waals surface area contributed by atoms with Crippen LogP contribution in [0.4, 0.5) is 8.78 Å². The number of rotatable bonds is 2. The van der Waals surface area contributed by atoms with Crippen molar-refractivity contribution in [1.82, 2.24) is 4.98 Å². The lowest BCUT2D eigenvalue weighted by atomic mass is 10.4. The first-order valence-electron chi connectivity index (χ1n) is 3.20. The molecule has 0 aromatic carbocycles. The first kappa shape index (κ1) is 11.8. The quantitative estimate of drug-likeness (QED) is 0.789. The van der Waals surface area contributed by atoms with E-state index in [4.69, 9.17) is 10.7 Å². The van der Waals surface area contributed by atoms with E-state index in [1.807, 2.05) is 0 Å². The van der Waals surface area contributed by atoms with Crippen LogP contribution >= 0.6 is 26.6 Å². The van der Waals surface area contributed by atoms with E-state index in [1.165, 1.54) is 0 Å². The van der Waals surface area contributed by atoms with Crippen LogP contribution in [-0.2, 0) is 9.05 Å². The van der Waals surface area contributed by atoms with Gasteiger partial charge in [0.15, 0.2) is 0 Å². The fraction of sp³-hybridized carbons (Fsp3) is 0.167. The Balaban J connectivity index is 3.28. The number of hydrogen-bond acceptors (Lipinski definition) is 3. The monoisotopic (exact) mass is 305 g/mol. The van der Waals surface area contributed by atoms with Crippen molar-refractivity contribution >= 4 is 35.7 Å². The molecule has 0 radical (unpaired) electrons. The van der Waals surface area contributed by atoms with Gasteiger partial charge in [0.05, 0.1) is 0 Å². The normalized spacial score (nSPS) is 12.1. The molecule has 1 rings (SSSR count). The van der Waals surface area contributed by atoms with Gasteiger partial charge in [0.1, 0.15) is 10.6 Å². The molecule has 1 aromatic heterocycles. The van der Waals surface area contributed by atoms with Gasteiger partial charge in [-0.05, 0) is 22.0 Å². The lowest BCUT2D eigenvalue weighted by Gasteiger charge is -2.02. The van der Waals surface area contributed by atoms with E-state index in [1.54, 1.807) is 0 Å². The Bertz CT molecular complexity index is 451. The van der Waals surface area contributed by atoms with Crippen LogP contribution in [0.3, 0.4) is 0 Å². The fourth-order valence-electron chi connectivity index (χ4n) is 0.732. The first-order valence-corrected chi connectivity index (χ1v) is 6.31. The van der Waals surface area contributed by atoms with Crippen molar-refractivity contribution < 1.29 is 17.2 Å². The highest BCUT2D eigenvalue weighted by Gasteiger charge is 2.18.